The van der Waals surface area contributed by atoms with Crippen molar-refractivity contribution in [3.63, 3.8) is 0 Å². The molecule has 2 heteroatoms. The van der Waals surface area contributed by atoms with Crippen molar-refractivity contribution in [3.8, 4) is 26.6 Å². The zero-order chi connectivity index (χ0) is 40.2. The van der Waals surface area contributed by atoms with Crippen molar-refractivity contribution in [2.24, 2.45) is 0 Å². The van der Waals surface area contributed by atoms with Crippen LogP contribution in [0.25, 0.3) is 33.9 Å². The summed E-state index contributed by atoms with van der Waals surface area (Å²) in [5, 5.41) is 5.34. The summed E-state index contributed by atoms with van der Waals surface area (Å²) in [5.41, 5.74) is 17.7. The van der Waals surface area contributed by atoms with Crippen LogP contribution in [-0.4, -0.2) is 0 Å². The van der Waals surface area contributed by atoms with Gasteiger partial charge in [0.15, 0.2) is 0 Å². The molecule has 1 saturated carbocycles. The molecule has 0 aliphatic heterocycles. The van der Waals surface area contributed by atoms with Gasteiger partial charge in [-0.25, -0.2) is 0 Å². The molecule has 0 N–H and O–H groups in total. The van der Waals surface area contributed by atoms with Gasteiger partial charge in [-0.05, 0) is 12.5 Å². The first-order valence-corrected chi connectivity index (χ1v) is 23.8. The molecule has 0 unspecified atom stereocenters. The van der Waals surface area contributed by atoms with Gasteiger partial charge < -0.3 is 0 Å². The summed E-state index contributed by atoms with van der Waals surface area (Å²) in [4.78, 5) is 0. The molecule has 0 heterocycles. The summed E-state index contributed by atoms with van der Waals surface area (Å²) < 4.78 is 4.00. The van der Waals surface area contributed by atoms with Crippen LogP contribution >= 0.6 is 7.26 Å². The van der Waals surface area contributed by atoms with Crippen LogP contribution in [0.15, 0.2) is 174 Å². The van der Waals surface area contributed by atoms with Crippen LogP contribution in [0.2, 0.25) is 0 Å². The number of hydrogen-bond acceptors (Lipinski definition) is 0. The number of allylic oxidation sites excluding steroid dienone is 7. The van der Waals surface area contributed by atoms with Crippen molar-refractivity contribution in [2.45, 2.75) is 71.6 Å². The summed E-state index contributed by atoms with van der Waals surface area (Å²) in [5.74, 6) is 0. The Hall–Kier alpha value is -4.87. The van der Waals surface area contributed by atoms with E-state index in [0.29, 0.717) is 0 Å². The Bertz CT molecular complexity index is 2650. The zero-order valence-electron chi connectivity index (χ0n) is 34.5. The molecule has 0 saturated heterocycles. The monoisotopic (exact) mass is 946 g/mol. The summed E-state index contributed by atoms with van der Waals surface area (Å²) >= 11 is 1.88. The van der Waals surface area contributed by atoms with Crippen LogP contribution in [0.4, 0.5) is 0 Å². The Morgan fingerprint density at radius 1 is 0.569 bits per heavy atom. The van der Waals surface area contributed by atoms with Gasteiger partial charge in [0, 0.05) is 0 Å². The molecule has 0 amide bonds. The Kier molecular flexibility index (Phi) is 10.0. The first kappa shape index (κ1) is 38.6. The van der Waals surface area contributed by atoms with Gasteiger partial charge in [0.2, 0.25) is 0 Å². The molecule has 0 bridgehead atoms. The minimum absolute atomic E-state index is 0.0835. The van der Waals surface area contributed by atoms with Gasteiger partial charge in [0.25, 0.3) is 0 Å². The second-order valence-electron chi connectivity index (χ2n) is 17.1. The standard InChI is InChI=1S/C56H51P.Os/c1-8-20-39-29-31-46-49-36-54-50(37-53(49)55(4,5)51(46)33-39)47-32-30-42(35-52(47)56(54,6)7)48(34-41-22-19-21-40(41)9-2)38(3)57(43-23-13-10-14-24-43,44-25-15-11-16-26-44)45-27-17-12-18-28-45;/h8-18,20,23-37H,19,21-22H2,1-2,4-7H3;/q+1;/b20-8+,40-9?,41-34?,48-38?;. The van der Waals surface area contributed by atoms with E-state index in [1.54, 1.807) is 0 Å². The molecule has 6 aromatic rings. The molecule has 58 heavy (non-hydrogen) atoms. The normalized spacial score (nSPS) is 17.8. The van der Waals surface area contributed by atoms with Crippen LogP contribution in [-0.2, 0) is 28.8 Å². The number of rotatable bonds is 7. The fourth-order valence-corrected chi connectivity index (χ4v) is 16.1. The third-order valence-electron chi connectivity index (χ3n) is 13.2. The molecular formula is C56H51OsP+. The average molecular weight is 945 g/mol. The van der Waals surface area contributed by atoms with E-state index in [1.165, 1.54) is 100 Å². The Balaban J connectivity index is 1.31. The predicted octanol–water partition coefficient (Wildman–Crippen LogP) is 13.6. The maximum absolute atomic E-state index is 4.00. The van der Waals surface area contributed by atoms with Gasteiger partial charge in [-0.15, -0.1) is 0 Å². The third kappa shape index (κ3) is 6.02. The Morgan fingerprint density at radius 2 is 1.05 bits per heavy atom. The molecule has 3 aliphatic rings. The Labute approximate surface area is 356 Å². The molecule has 0 nitrogen and oxygen atoms in total. The predicted molar refractivity (Wildman–Crippen MR) is 248 cm³/mol. The van der Waals surface area contributed by atoms with E-state index in [2.05, 4.69) is 210 Å². The molecule has 0 spiro atoms. The zero-order valence-corrected chi connectivity index (χ0v) is 37.9. The molecular weight excluding hydrogens is 894 g/mol. The van der Waals surface area contributed by atoms with E-state index in [1.807, 2.05) is 17.9 Å². The Morgan fingerprint density at radius 3 is 1.55 bits per heavy atom. The van der Waals surface area contributed by atoms with Crippen molar-refractivity contribution >= 4 is 34.8 Å². The fraction of sp³-hybridized carbons (Fsp3) is 0.196. The SMILES string of the molecule is CC=C1CCCC1=CC(=C([C]#[Os])[P+](c1ccccc1)(c1ccccc1)c1ccccc1)c1ccc2c(c1)C(C)(C)c1cc3c(cc1-2)C(C)(C)c1cc(/C=C/C)ccc1-3. The van der Waals surface area contributed by atoms with E-state index >= 15 is 0 Å². The number of hydrogen-bond donors (Lipinski definition) is 0. The van der Waals surface area contributed by atoms with Crippen LogP contribution in [0.5, 0.6) is 0 Å². The van der Waals surface area contributed by atoms with E-state index in [9.17, 15) is 0 Å². The molecule has 9 rings (SSSR count). The van der Waals surface area contributed by atoms with Gasteiger partial charge in [-0.2, -0.15) is 0 Å². The fourth-order valence-electron chi connectivity index (χ4n) is 10.3. The van der Waals surface area contributed by atoms with E-state index in [4.69, 9.17) is 0 Å². The topological polar surface area (TPSA) is 0 Å². The van der Waals surface area contributed by atoms with Crippen molar-refractivity contribution in [3.05, 3.63) is 208 Å². The number of fused-ring (bicyclic) bond motifs is 6. The van der Waals surface area contributed by atoms with Gasteiger partial charge >= 0.3 is 322 Å². The van der Waals surface area contributed by atoms with Crippen LogP contribution < -0.4 is 15.9 Å². The third-order valence-corrected chi connectivity index (χ3v) is 18.6. The summed E-state index contributed by atoms with van der Waals surface area (Å²) in [6, 6.07) is 53.4. The summed E-state index contributed by atoms with van der Waals surface area (Å²) in [7, 11) is -2.44. The minimum atomic E-state index is -2.44. The molecule has 6 aromatic carbocycles. The molecule has 1 fully saturated rings. The molecule has 0 radical (unpaired) electrons. The van der Waals surface area contributed by atoms with Gasteiger partial charge in [-0.1, -0.05) is 24.3 Å². The van der Waals surface area contributed by atoms with E-state index in [0.717, 1.165) is 12.8 Å². The van der Waals surface area contributed by atoms with Crippen LogP contribution in [0, 0.1) is 4.37 Å². The number of benzene rings is 6. The summed E-state index contributed by atoms with van der Waals surface area (Å²) in [6.45, 7) is 14.0. The first-order valence-electron chi connectivity index (χ1n) is 20.8. The van der Waals surface area contributed by atoms with Crippen molar-refractivity contribution in [1.82, 2.24) is 0 Å². The molecule has 3 aliphatic carbocycles. The quantitative estimate of drug-likeness (QED) is 0.140. The molecule has 287 valence electrons. The van der Waals surface area contributed by atoms with Crippen molar-refractivity contribution < 1.29 is 17.9 Å². The maximum atomic E-state index is 4.00. The van der Waals surface area contributed by atoms with Gasteiger partial charge in [0.05, 0.1) is 0 Å². The molecule has 0 aromatic heterocycles. The second-order valence-corrected chi connectivity index (χ2v) is 21.1. The van der Waals surface area contributed by atoms with Crippen molar-refractivity contribution in [2.75, 3.05) is 0 Å². The molecule has 0 atom stereocenters. The summed E-state index contributed by atoms with van der Waals surface area (Å²) in [6.07, 6.45) is 12.7. The van der Waals surface area contributed by atoms with Gasteiger partial charge in [0.1, 0.15) is 0 Å². The van der Waals surface area contributed by atoms with Gasteiger partial charge in [-0.3, -0.25) is 0 Å². The second kappa shape index (κ2) is 15.1. The first-order chi connectivity index (χ1) is 28.1. The average Bonchev–Trinajstić information content (AvgIpc) is 3.87. The van der Waals surface area contributed by atoms with E-state index in [-0.39, 0.29) is 10.8 Å². The van der Waals surface area contributed by atoms with Crippen LogP contribution in [0.1, 0.15) is 94.2 Å². The van der Waals surface area contributed by atoms with E-state index < -0.39 is 7.26 Å². The van der Waals surface area contributed by atoms with Crippen molar-refractivity contribution in [1.29, 1.82) is 0 Å². The van der Waals surface area contributed by atoms with Crippen LogP contribution in [0.3, 0.4) is 0 Å².